The number of carboxylic acids is 1. The van der Waals surface area contributed by atoms with Crippen LogP contribution in [0.4, 0.5) is 0 Å². The first-order chi connectivity index (χ1) is 10.5. The van der Waals surface area contributed by atoms with E-state index < -0.39 is 17.8 Å². The van der Waals surface area contributed by atoms with Crippen LogP contribution in [0.2, 0.25) is 0 Å². The van der Waals surface area contributed by atoms with E-state index >= 15 is 0 Å². The maximum absolute atomic E-state index is 12.5. The van der Waals surface area contributed by atoms with E-state index in [9.17, 15) is 14.7 Å². The number of amides is 1. The van der Waals surface area contributed by atoms with Crippen molar-refractivity contribution in [1.82, 2.24) is 5.32 Å². The van der Waals surface area contributed by atoms with Crippen LogP contribution in [0, 0.1) is 18.8 Å². The summed E-state index contributed by atoms with van der Waals surface area (Å²) in [6.45, 7) is 4.04. The van der Waals surface area contributed by atoms with Gasteiger partial charge >= 0.3 is 5.97 Å². The summed E-state index contributed by atoms with van der Waals surface area (Å²) < 4.78 is 0. The molecule has 0 saturated carbocycles. The van der Waals surface area contributed by atoms with Gasteiger partial charge in [-0.15, -0.1) is 0 Å². The molecule has 4 heteroatoms. The van der Waals surface area contributed by atoms with Gasteiger partial charge in [0.1, 0.15) is 0 Å². The van der Waals surface area contributed by atoms with Gasteiger partial charge in [-0.25, -0.2) is 0 Å². The van der Waals surface area contributed by atoms with Crippen molar-refractivity contribution in [2.45, 2.75) is 39.2 Å². The summed E-state index contributed by atoms with van der Waals surface area (Å²) >= 11 is 0. The first-order valence-electron chi connectivity index (χ1n) is 7.77. The highest BCUT2D eigenvalue weighted by atomic mass is 16.4. The van der Waals surface area contributed by atoms with Crippen LogP contribution >= 0.6 is 0 Å². The summed E-state index contributed by atoms with van der Waals surface area (Å²) in [6, 6.07) is 7.99. The molecule has 118 valence electrons. The molecule has 0 unspecified atom stereocenters. The lowest BCUT2D eigenvalue weighted by Gasteiger charge is -2.27. The molecule has 0 saturated heterocycles. The molecule has 3 atom stereocenters. The minimum atomic E-state index is -0.895. The summed E-state index contributed by atoms with van der Waals surface area (Å²) in [4.78, 5) is 23.8. The molecular formula is C18H23NO3. The van der Waals surface area contributed by atoms with Crippen molar-refractivity contribution < 1.29 is 14.7 Å². The van der Waals surface area contributed by atoms with E-state index in [2.05, 4.69) is 5.32 Å². The second-order valence-corrected chi connectivity index (χ2v) is 5.87. The zero-order valence-corrected chi connectivity index (χ0v) is 13.1. The predicted octanol–water partition coefficient (Wildman–Crippen LogP) is 3.23. The normalized spacial score (nSPS) is 22.1. The molecule has 4 nitrogen and oxygen atoms in total. The van der Waals surface area contributed by atoms with Gasteiger partial charge in [0.15, 0.2) is 0 Å². The highest BCUT2D eigenvalue weighted by Gasteiger charge is 2.34. The third kappa shape index (κ3) is 3.75. The van der Waals surface area contributed by atoms with Crippen LogP contribution in [0.1, 0.15) is 43.4 Å². The zero-order chi connectivity index (χ0) is 16.1. The number of allylic oxidation sites excluding steroid dienone is 2. The number of nitrogens with one attached hydrogen (secondary N) is 1. The number of hydrogen-bond acceptors (Lipinski definition) is 2. The smallest absolute Gasteiger partial charge is 0.307 e. The van der Waals surface area contributed by atoms with Crippen molar-refractivity contribution in [3.05, 3.63) is 47.5 Å². The van der Waals surface area contributed by atoms with Crippen molar-refractivity contribution in [2.75, 3.05) is 0 Å². The van der Waals surface area contributed by atoms with Crippen molar-refractivity contribution in [2.24, 2.45) is 11.8 Å². The molecule has 0 spiro atoms. The topological polar surface area (TPSA) is 66.4 Å². The predicted molar refractivity (Wildman–Crippen MR) is 85.3 cm³/mol. The summed E-state index contributed by atoms with van der Waals surface area (Å²) in [6.07, 6.45) is 5.44. The zero-order valence-electron chi connectivity index (χ0n) is 13.1. The summed E-state index contributed by atoms with van der Waals surface area (Å²) in [5, 5.41) is 12.3. The molecule has 0 radical (unpaired) electrons. The van der Waals surface area contributed by atoms with Crippen LogP contribution < -0.4 is 5.32 Å². The van der Waals surface area contributed by atoms with E-state index in [0.29, 0.717) is 12.8 Å². The highest BCUT2D eigenvalue weighted by molar-refractivity contribution is 5.85. The Hall–Kier alpha value is -2.10. The molecule has 22 heavy (non-hydrogen) atoms. The molecule has 0 aliphatic heterocycles. The molecule has 0 fully saturated rings. The number of carbonyl (C=O) groups excluding carboxylic acids is 1. The number of aliphatic carboxylic acids is 1. The van der Waals surface area contributed by atoms with Crippen molar-refractivity contribution in [1.29, 1.82) is 0 Å². The lowest BCUT2D eigenvalue weighted by atomic mass is 9.82. The van der Waals surface area contributed by atoms with Crippen molar-refractivity contribution in [3.8, 4) is 0 Å². The van der Waals surface area contributed by atoms with Gasteiger partial charge in [-0.2, -0.15) is 0 Å². The fourth-order valence-electron chi connectivity index (χ4n) is 2.88. The third-order valence-electron chi connectivity index (χ3n) is 4.29. The lowest BCUT2D eigenvalue weighted by molar-refractivity contribution is -0.147. The van der Waals surface area contributed by atoms with Crippen LogP contribution in [-0.2, 0) is 9.59 Å². The SMILES string of the molecule is CC[C@H](NC(=O)[C@@H]1CC=CC[C@H]1C(=O)O)c1ccc(C)cc1. The van der Waals surface area contributed by atoms with Gasteiger partial charge in [-0.05, 0) is 31.7 Å². The highest BCUT2D eigenvalue weighted by Crippen LogP contribution is 2.27. The number of benzene rings is 1. The van der Waals surface area contributed by atoms with Gasteiger partial charge in [0.25, 0.3) is 0 Å². The van der Waals surface area contributed by atoms with E-state index in [4.69, 9.17) is 0 Å². The number of rotatable bonds is 5. The fraction of sp³-hybridized carbons (Fsp3) is 0.444. The average Bonchev–Trinajstić information content (AvgIpc) is 2.53. The molecule has 1 aliphatic carbocycles. The van der Waals surface area contributed by atoms with Crippen LogP contribution in [0.25, 0.3) is 0 Å². The molecular weight excluding hydrogens is 278 g/mol. The molecule has 1 aromatic carbocycles. The lowest BCUT2D eigenvalue weighted by Crippen LogP contribution is -2.40. The molecule has 1 amide bonds. The number of carbonyl (C=O) groups is 2. The maximum atomic E-state index is 12.5. The van der Waals surface area contributed by atoms with Crippen LogP contribution in [-0.4, -0.2) is 17.0 Å². The Labute approximate surface area is 131 Å². The molecule has 2 rings (SSSR count). The van der Waals surface area contributed by atoms with Gasteiger partial charge in [-0.1, -0.05) is 48.9 Å². The standard InChI is InChI=1S/C18H23NO3/c1-3-16(13-10-8-12(2)9-11-13)19-17(20)14-6-4-5-7-15(14)18(21)22/h4-5,8-11,14-16H,3,6-7H2,1-2H3,(H,19,20)(H,21,22)/t14-,15-,16+/m1/s1. The summed E-state index contributed by atoms with van der Waals surface area (Å²) in [7, 11) is 0. The average molecular weight is 301 g/mol. The van der Waals surface area contributed by atoms with E-state index in [-0.39, 0.29) is 11.9 Å². The quantitative estimate of drug-likeness (QED) is 0.821. The largest absolute Gasteiger partial charge is 0.481 e. The Morgan fingerprint density at radius 1 is 1.18 bits per heavy atom. The van der Waals surface area contributed by atoms with Crippen LogP contribution in [0.5, 0.6) is 0 Å². The first-order valence-corrected chi connectivity index (χ1v) is 7.77. The van der Waals surface area contributed by atoms with Crippen molar-refractivity contribution in [3.63, 3.8) is 0 Å². The van der Waals surface area contributed by atoms with Gasteiger partial charge in [0.2, 0.25) is 5.91 Å². The molecule has 0 aromatic heterocycles. The minimum absolute atomic E-state index is 0.0755. The second kappa shape index (κ2) is 7.25. The molecule has 2 N–H and O–H groups in total. The minimum Gasteiger partial charge on any atom is -0.481 e. The van der Waals surface area contributed by atoms with Crippen LogP contribution in [0.3, 0.4) is 0 Å². The molecule has 0 bridgehead atoms. The Kier molecular flexibility index (Phi) is 5.36. The Morgan fingerprint density at radius 2 is 1.77 bits per heavy atom. The van der Waals surface area contributed by atoms with Gasteiger partial charge < -0.3 is 10.4 Å². The van der Waals surface area contributed by atoms with Gasteiger partial charge in [0.05, 0.1) is 17.9 Å². The van der Waals surface area contributed by atoms with Gasteiger partial charge in [-0.3, -0.25) is 9.59 Å². The van der Waals surface area contributed by atoms with Crippen molar-refractivity contribution >= 4 is 11.9 Å². The monoisotopic (exact) mass is 301 g/mol. The maximum Gasteiger partial charge on any atom is 0.307 e. The van der Waals surface area contributed by atoms with E-state index in [1.54, 1.807) is 0 Å². The Morgan fingerprint density at radius 3 is 2.32 bits per heavy atom. The van der Waals surface area contributed by atoms with E-state index in [0.717, 1.165) is 12.0 Å². The van der Waals surface area contributed by atoms with Gasteiger partial charge in [0, 0.05) is 0 Å². The fourth-order valence-corrected chi connectivity index (χ4v) is 2.88. The first kappa shape index (κ1) is 16.3. The molecule has 1 aliphatic rings. The van der Waals surface area contributed by atoms with E-state index in [1.165, 1.54) is 5.56 Å². The third-order valence-corrected chi connectivity index (χ3v) is 4.29. The summed E-state index contributed by atoms with van der Waals surface area (Å²) in [5.41, 5.74) is 2.23. The summed E-state index contributed by atoms with van der Waals surface area (Å²) in [5.74, 6) is -2.17. The molecule has 0 heterocycles. The number of aryl methyl sites for hydroxylation is 1. The number of carboxylic acid groups (broad SMARTS) is 1. The second-order valence-electron chi connectivity index (χ2n) is 5.87. The Balaban J connectivity index is 2.10. The van der Waals surface area contributed by atoms with Crippen LogP contribution in [0.15, 0.2) is 36.4 Å². The Bertz CT molecular complexity index is 562. The molecule has 1 aromatic rings. The number of hydrogen-bond donors (Lipinski definition) is 2. The van der Waals surface area contributed by atoms with E-state index in [1.807, 2.05) is 50.3 Å².